The van der Waals surface area contributed by atoms with Gasteiger partial charge in [-0.15, -0.1) is 0 Å². The lowest BCUT2D eigenvalue weighted by atomic mass is 10.1. The lowest BCUT2D eigenvalue weighted by Gasteiger charge is -2.06. The van der Waals surface area contributed by atoms with Crippen molar-refractivity contribution in [2.45, 2.75) is 26.2 Å². The number of carboxylic acid groups (broad SMARTS) is 1. The van der Waals surface area contributed by atoms with E-state index in [-0.39, 0.29) is 24.5 Å². The Morgan fingerprint density at radius 3 is 2.46 bits per heavy atom. The molecule has 0 atom stereocenters. The van der Waals surface area contributed by atoms with E-state index < -0.39 is 11.9 Å². The molecule has 2 amide bonds. The van der Waals surface area contributed by atoms with Crippen LogP contribution in [-0.4, -0.2) is 28.6 Å². The molecule has 2 rings (SSSR count). The molecule has 0 bridgehead atoms. The molecule has 0 saturated carbocycles. The number of hydrogen-bond acceptors (Lipinski definition) is 5. The molecule has 0 spiro atoms. The van der Waals surface area contributed by atoms with Crippen molar-refractivity contribution >= 4 is 29.2 Å². The minimum atomic E-state index is -0.920. The number of furan rings is 1. The van der Waals surface area contributed by atoms with Crippen molar-refractivity contribution in [2.24, 2.45) is 5.10 Å². The van der Waals surface area contributed by atoms with Crippen LogP contribution in [0.3, 0.4) is 0 Å². The molecule has 26 heavy (non-hydrogen) atoms. The van der Waals surface area contributed by atoms with Gasteiger partial charge in [0.15, 0.2) is 5.76 Å². The van der Waals surface area contributed by atoms with Crippen molar-refractivity contribution in [2.75, 3.05) is 5.32 Å². The first-order chi connectivity index (χ1) is 12.5. The number of carbonyl (C=O) groups excluding carboxylic acids is 2. The Kier molecular flexibility index (Phi) is 6.67. The van der Waals surface area contributed by atoms with Crippen LogP contribution in [0.5, 0.6) is 0 Å². The van der Waals surface area contributed by atoms with Crippen molar-refractivity contribution in [1.82, 2.24) is 5.43 Å². The highest BCUT2D eigenvalue weighted by atomic mass is 16.4. The van der Waals surface area contributed by atoms with Crippen molar-refractivity contribution < 1.29 is 23.9 Å². The second-order valence-corrected chi connectivity index (χ2v) is 5.49. The average Bonchev–Trinajstić information content (AvgIpc) is 3.14. The van der Waals surface area contributed by atoms with Gasteiger partial charge in [0.25, 0.3) is 0 Å². The Hall–Kier alpha value is -3.42. The zero-order chi connectivity index (χ0) is 18.9. The third-order valence-electron chi connectivity index (χ3n) is 3.45. The van der Waals surface area contributed by atoms with E-state index in [1.165, 1.54) is 12.3 Å². The number of anilines is 1. The van der Waals surface area contributed by atoms with Gasteiger partial charge < -0.3 is 14.8 Å². The van der Waals surface area contributed by atoms with Gasteiger partial charge in [-0.05, 0) is 43.2 Å². The molecule has 0 radical (unpaired) electrons. The number of benzene rings is 1. The highest BCUT2D eigenvalue weighted by molar-refractivity contribution is 6.01. The standard InChI is InChI=1S/C18H19N3O5/c1-12(20-21-18(25)15-4-3-11-26-15)13-7-9-14(10-8-13)19-16(22)5-2-6-17(23)24/h3-4,7-11H,2,5-6H2,1H3,(H,19,22)(H,21,25)(H,23,24)/b20-12-. The summed E-state index contributed by atoms with van der Waals surface area (Å²) in [6.45, 7) is 1.74. The molecule has 1 aromatic carbocycles. The van der Waals surface area contributed by atoms with Crippen LogP contribution in [0, 0.1) is 0 Å². The lowest BCUT2D eigenvalue weighted by Crippen LogP contribution is -2.18. The summed E-state index contributed by atoms with van der Waals surface area (Å²) in [7, 11) is 0. The molecule has 0 saturated heterocycles. The molecule has 8 nitrogen and oxygen atoms in total. The maximum atomic E-state index is 11.7. The third kappa shape index (κ3) is 5.90. The number of nitrogens with zero attached hydrogens (tertiary/aromatic N) is 1. The maximum absolute atomic E-state index is 11.7. The molecule has 1 heterocycles. The summed E-state index contributed by atoms with van der Waals surface area (Å²) in [6, 6.07) is 10.1. The molecule has 2 aromatic rings. The van der Waals surface area contributed by atoms with Gasteiger partial charge in [-0.3, -0.25) is 14.4 Å². The summed E-state index contributed by atoms with van der Waals surface area (Å²) in [6.07, 6.45) is 1.81. The van der Waals surface area contributed by atoms with Gasteiger partial charge in [0.2, 0.25) is 5.91 Å². The van der Waals surface area contributed by atoms with Crippen molar-refractivity contribution in [1.29, 1.82) is 0 Å². The molecule has 0 fully saturated rings. The monoisotopic (exact) mass is 357 g/mol. The summed E-state index contributed by atoms with van der Waals surface area (Å²) in [4.78, 5) is 33.9. The minimum absolute atomic E-state index is 0.0360. The van der Waals surface area contributed by atoms with Crippen LogP contribution >= 0.6 is 0 Å². The van der Waals surface area contributed by atoms with Crippen molar-refractivity contribution in [3.05, 3.63) is 54.0 Å². The first kappa shape index (κ1) is 18.9. The number of carboxylic acids is 1. The Morgan fingerprint density at radius 2 is 1.85 bits per heavy atom. The van der Waals surface area contributed by atoms with Gasteiger partial charge in [0, 0.05) is 18.5 Å². The number of nitrogens with one attached hydrogen (secondary N) is 2. The van der Waals surface area contributed by atoms with E-state index in [9.17, 15) is 14.4 Å². The molecular formula is C18H19N3O5. The van der Waals surface area contributed by atoms with Crippen LogP contribution < -0.4 is 10.7 Å². The Bertz CT molecular complexity index is 795. The second kappa shape index (κ2) is 9.16. The van der Waals surface area contributed by atoms with Gasteiger partial charge in [-0.2, -0.15) is 5.10 Å². The predicted octanol–water partition coefficient (Wildman–Crippen LogP) is 2.63. The van der Waals surface area contributed by atoms with Gasteiger partial charge in [0.1, 0.15) is 0 Å². The van der Waals surface area contributed by atoms with Crippen LogP contribution in [0.1, 0.15) is 42.3 Å². The fourth-order valence-corrected chi connectivity index (χ4v) is 2.08. The van der Waals surface area contributed by atoms with Crippen molar-refractivity contribution in [3.8, 4) is 0 Å². The quantitative estimate of drug-likeness (QED) is 0.495. The van der Waals surface area contributed by atoms with Crippen LogP contribution in [0.2, 0.25) is 0 Å². The number of aliphatic carboxylic acids is 1. The normalized spacial score (nSPS) is 11.0. The summed E-state index contributed by atoms with van der Waals surface area (Å²) in [5.74, 6) is -1.44. The zero-order valence-electron chi connectivity index (χ0n) is 14.2. The van der Waals surface area contributed by atoms with Gasteiger partial charge in [-0.25, -0.2) is 5.43 Å². The molecule has 0 aliphatic rings. The van der Waals surface area contributed by atoms with E-state index in [2.05, 4.69) is 15.8 Å². The SMILES string of the molecule is C/C(=N/NC(=O)c1ccco1)c1ccc(NC(=O)CCCC(=O)O)cc1. The zero-order valence-corrected chi connectivity index (χ0v) is 14.2. The smallest absolute Gasteiger partial charge is 0.307 e. The second-order valence-electron chi connectivity index (χ2n) is 5.49. The number of rotatable bonds is 8. The first-order valence-corrected chi connectivity index (χ1v) is 7.96. The highest BCUT2D eigenvalue weighted by Crippen LogP contribution is 2.11. The lowest BCUT2D eigenvalue weighted by molar-refractivity contribution is -0.137. The molecule has 136 valence electrons. The first-order valence-electron chi connectivity index (χ1n) is 7.96. The fourth-order valence-electron chi connectivity index (χ4n) is 2.08. The summed E-state index contributed by atoms with van der Waals surface area (Å²) in [5.41, 5.74) is 4.36. The molecule has 1 aromatic heterocycles. The topological polar surface area (TPSA) is 121 Å². The average molecular weight is 357 g/mol. The molecule has 0 aliphatic heterocycles. The molecule has 8 heteroatoms. The third-order valence-corrected chi connectivity index (χ3v) is 3.45. The van der Waals surface area contributed by atoms with Crippen LogP contribution in [-0.2, 0) is 9.59 Å². The maximum Gasteiger partial charge on any atom is 0.307 e. The number of hydrazone groups is 1. The van der Waals surface area contributed by atoms with E-state index >= 15 is 0 Å². The number of amides is 2. The van der Waals surface area contributed by atoms with E-state index in [1.54, 1.807) is 37.3 Å². The molecule has 0 aliphatic carbocycles. The highest BCUT2D eigenvalue weighted by Gasteiger charge is 2.08. The van der Waals surface area contributed by atoms with Crippen molar-refractivity contribution in [3.63, 3.8) is 0 Å². The molecule has 0 unspecified atom stereocenters. The summed E-state index contributed by atoms with van der Waals surface area (Å²) in [5, 5.41) is 15.3. The van der Waals surface area contributed by atoms with Crippen LogP contribution in [0.25, 0.3) is 0 Å². The minimum Gasteiger partial charge on any atom is -0.481 e. The van der Waals surface area contributed by atoms with Gasteiger partial charge >= 0.3 is 11.9 Å². The Balaban J connectivity index is 1.87. The van der Waals surface area contributed by atoms with Crippen LogP contribution in [0.4, 0.5) is 5.69 Å². The summed E-state index contributed by atoms with van der Waals surface area (Å²) < 4.78 is 4.97. The Morgan fingerprint density at radius 1 is 1.12 bits per heavy atom. The summed E-state index contributed by atoms with van der Waals surface area (Å²) >= 11 is 0. The number of hydrogen-bond donors (Lipinski definition) is 3. The fraction of sp³-hybridized carbons (Fsp3) is 0.222. The predicted molar refractivity (Wildman–Crippen MR) is 94.9 cm³/mol. The number of carbonyl (C=O) groups is 3. The molecule has 3 N–H and O–H groups in total. The van der Waals surface area contributed by atoms with Crippen LogP contribution in [0.15, 0.2) is 52.2 Å². The van der Waals surface area contributed by atoms with E-state index in [0.29, 0.717) is 17.8 Å². The van der Waals surface area contributed by atoms with E-state index in [4.69, 9.17) is 9.52 Å². The molecular weight excluding hydrogens is 338 g/mol. The Labute approximate surface area is 149 Å². The van der Waals surface area contributed by atoms with Gasteiger partial charge in [-0.1, -0.05) is 12.1 Å². The van der Waals surface area contributed by atoms with E-state index in [1.807, 2.05) is 0 Å². The largest absolute Gasteiger partial charge is 0.481 e. The van der Waals surface area contributed by atoms with Gasteiger partial charge in [0.05, 0.1) is 12.0 Å². The van der Waals surface area contributed by atoms with E-state index in [0.717, 1.165) is 5.56 Å².